The highest BCUT2D eigenvalue weighted by Crippen LogP contribution is 2.18. The van der Waals surface area contributed by atoms with E-state index in [1.54, 1.807) is 4.90 Å². The molecule has 47 heavy (non-hydrogen) atoms. The van der Waals surface area contributed by atoms with Gasteiger partial charge in [-0.05, 0) is 60.9 Å². The van der Waals surface area contributed by atoms with Gasteiger partial charge in [0.1, 0.15) is 12.1 Å². The minimum Gasteiger partial charge on any atom is -0.481 e. The summed E-state index contributed by atoms with van der Waals surface area (Å²) >= 11 is 0. The Balaban J connectivity index is 1.53. The number of unbranched alkanes of at least 4 members (excludes halogenated alkanes) is 1. The average molecular weight is 657 g/mol. The summed E-state index contributed by atoms with van der Waals surface area (Å²) in [7, 11) is 0. The maximum Gasteiger partial charge on any atom is 0.326 e. The van der Waals surface area contributed by atoms with Crippen LogP contribution >= 0.6 is 0 Å². The van der Waals surface area contributed by atoms with E-state index in [0.29, 0.717) is 38.4 Å². The first-order chi connectivity index (χ1) is 22.6. The van der Waals surface area contributed by atoms with Gasteiger partial charge in [0.25, 0.3) is 6.47 Å². The van der Waals surface area contributed by atoms with Crippen molar-refractivity contribution < 1.29 is 43.7 Å². The predicted octanol–water partition coefficient (Wildman–Crippen LogP) is 1.53. The molecule has 0 unspecified atom stereocenters. The molecule has 3 rings (SSSR count). The minimum atomic E-state index is -1.45. The van der Waals surface area contributed by atoms with Crippen molar-refractivity contribution in [1.29, 1.82) is 0 Å². The summed E-state index contributed by atoms with van der Waals surface area (Å²) in [5.41, 5.74) is 6.67. The van der Waals surface area contributed by atoms with Crippen molar-refractivity contribution in [3.05, 3.63) is 48.0 Å². The largest absolute Gasteiger partial charge is 0.481 e. The lowest BCUT2D eigenvalue weighted by molar-refractivity contribution is -0.141. The van der Waals surface area contributed by atoms with Gasteiger partial charge >= 0.3 is 24.0 Å². The molecule has 0 aromatic heterocycles. The summed E-state index contributed by atoms with van der Waals surface area (Å²) in [6.07, 6.45) is 1.02. The van der Waals surface area contributed by atoms with Crippen molar-refractivity contribution in [2.75, 3.05) is 26.2 Å². The molecule has 0 spiro atoms. The summed E-state index contributed by atoms with van der Waals surface area (Å²) in [6.45, 7) is 2.08. The van der Waals surface area contributed by atoms with Crippen LogP contribution in [0.25, 0.3) is 10.8 Å². The first-order valence-electron chi connectivity index (χ1n) is 15.7. The standard InChI is InChI=1S/C32H44N6O9/c33-19-21-12-15-38(16-13-21)32(46)36-26(18-22-8-9-23-5-1-2-6-24(23)17-22)29(42)34-14-4-3-7-27(47-20-39)37-31(45)35-25(30(43)44)10-11-28(40)41/h1-2,5-6,8-9,17,20-21,25-27H,3-4,7,10-16,18-19,33H2,(H,34,42)(H,36,46)(H,40,41)(H,43,44)(H2,35,37,45)/t25-,26-,27+/m0/s1. The van der Waals surface area contributed by atoms with Gasteiger partial charge in [0, 0.05) is 38.9 Å². The van der Waals surface area contributed by atoms with Crippen molar-refractivity contribution in [3.8, 4) is 0 Å². The Bertz CT molecular complexity index is 1380. The molecule has 15 heteroatoms. The Morgan fingerprint density at radius 2 is 1.66 bits per heavy atom. The molecule has 15 nitrogen and oxygen atoms in total. The van der Waals surface area contributed by atoms with E-state index in [2.05, 4.69) is 21.3 Å². The fourth-order valence-electron chi connectivity index (χ4n) is 5.32. The molecule has 1 saturated heterocycles. The smallest absolute Gasteiger partial charge is 0.326 e. The van der Waals surface area contributed by atoms with Gasteiger partial charge in [0.15, 0.2) is 6.23 Å². The van der Waals surface area contributed by atoms with Crippen LogP contribution in [0.1, 0.15) is 50.5 Å². The first kappa shape index (κ1) is 36.5. The van der Waals surface area contributed by atoms with Crippen LogP contribution in [0, 0.1) is 5.92 Å². The number of fused-ring (bicyclic) bond motifs is 1. The number of hydrogen-bond donors (Lipinski definition) is 7. The first-order valence-corrected chi connectivity index (χ1v) is 15.7. The summed E-state index contributed by atoms with van der Waals surface area (Å²) < 4.78 is 4.89. The summed E-state index contributed by atoms with van der Waals surface area (Å²) in [4.78, 5) is 73.5. The van der Waals surface area contributed by atoms with Crippen LogP contribution in [0.15, 0.2) is 42.5 Å². The van der Waals surface area contributed by atoms with E-state index < -0.39 is 42.7 Å². The SMILES string of the molecule is NCC1CCN(C(=O)N[C@@H](Cc2ccc3ccccc3c2)C(=O)NCCCC[C@H](NC(=O)N[C@@H](CCC(=O)O)C(=O)O)OC=O)CC1. The van der Waals surface area contributed by atoms with Gasteiger partial charge in [-0.3, -0.25) is 14.4 Å². The number of ether oxygens (including phenoxy) is 1. The number of benzene rings is 2. The zero-order valence-corrected chi connectivity index (χ0v) is 26.2. The van der Waals surface area contributed by atoms with Crippen LogP contribution in [-0.4, -0.2) is 96.0 Å². The second-order valence-electron chi connectivity index (χ2n) is 11.5. The third kappa shape index (κ3) is 12.4. The maximum absolute atomic E-state index is 13.3. The molecule has 8 N–H and O–H groups in total. The van der Waals surface area contributed by atoms with Crippen LogP contribution < -0.4 is 27.0 Å². The third-order valence-corrected chi connectivity index (χ3v) is 8.06. The number of amides is 5. The number of piperidine rings is 1. The fraction of sp³-hybridized carbons (Fsp3) is 0.500. The Kier molecular flexibility index (Phi) is 14.7. The molecule has 0 aliphatic carbocycles. The van der Waals surface area contributed by atoms with Crippen LogP contribution in [-0.2, 0) is 30.3 Å². The number of rotatable bonds is 18. The minimum absolute atomic E-state index is 0.143. The molecular formula is C32H44N6O9. The highest BCUT2D eigenvalue weighted by atomic mass is 16.5. The molecular weight excluding hydrogens is 612 g/mol. The van der Waals surface area contributed by atoms with E-state index in [1.807, 2.05) is 42.5 Å². The van der Waals surface area contributed by atoms with Crippen molar-refractivity contribution in [1.82, 2.24) is 26.2 Å². The van der Waals surface area contributed by atoms with E-state index in [4.69, 9.17) is 15.6 Å². The molecule has 0 bridgehead atoms. The Hall–Kier alpha value is -4.92. The number of carboxylic acids is 2. The zero-order chi connectivity index (χ0) is 34.2. The van der Waals surface area contributed by atoms with Gasteiger partial charge in [-0.2, -0.15) is 0 Å². The number of carboxylic acid groups (broad SMARTS) is 2. The van der Waals surface area contributed by atoms with Crippen molar-refractivity contribution >= 4 is 47.2 Å². The van der Waals surface area contributed by atoms with Crippen LogP contribution in [0.2, 0.25) is 0 Å². The lowest BCUT2D eigenvalue weighted by Crippen LogP contribution is -2.53. The molecule has 1 aliphatic rings. The highest BCUT2D eigenvalue weighted by Gasteiger charge is 2.27. The van der Waals surface area contributed by atoms with E-state index in [0.717, 1.165) is 29.2 Å². The van der Waals surface area contributed by atoms with Gasteiger partial charge in [-0.1, -0.05) is 42.5 Å². The Labute approximate surface area is 272 Å². The number of urea groups is 2. The Morgan fingerprint density at radius 3 is 2.32 bits per heavy atom. The lowest BCUT2D eigenvalue weighted by atomic mass is 9.97. The number of nitrogens with one attached hydrogen (secondary N) is 4. The number of carbonyl (C=O) groups excluding carboxylic acids is 4. The van der Waals surface area contributed by atoms with E-state index in [9.17, 15) is 33.9 Å². The van der Waals surface area contributed by atoms with E-state index in [-0.39, 0.29) is 44.2 Å². The van der Waals surface area contributed by atoms with Crippen molar-refractivity contribution in [2.45, 2.75) is 69.7 Å². The molecule has 0 radical (unpaired) electrons. The highest BCUT2D eigenvalue weighted by molar-refractivity contribution is 5.88. The van der Waals surface area contributed by atoms with E-state index >= 15 is 0 Å². The normalized spacial score (nSPS) is 15.1. The van der Waals surface area contributed by atoms with Gasteiger partial charge in [0.05, 0.1) is 0 Å². The Morgan fingerprint density at radius 1 is 0.936 bits per heavy atom. The molecule has 2 aromatic rings. The maximum atomic E-state index is 13.3. The number of hydrogen-bond acceptors (Lipinski definition) is 8. The van der Waals surface area contributed by atoms with Gasteiger partial charge in [-0.15, -0.1) is 0 Å². The summed E-state index contributed by atoms with van der Waals surface area (Å²) in [5, 5.41) is 30.4. The topological polar surface area (TPSA) is 229 Å². The van der Waals surface area contributed by atoms with Gasteiger partial charge < -0.3 is 46.9 Å². The quantitative estimate of drug-likeness (QED) is 0.0695. The van der Waals surface area contributed by atoms with Crippen LogP contribution in [0.3, 0.4) is 0 Å². The lowest BCUT2D eigenvalue weighted by Gasteiger charge is -2.32. The number of nitrogens with zero attached hydrogens (tertiary/aromatic N) is 1. The molecule has 256 valence electrons. The van der Waals surface area contributed by atoms with Crippen molar-refractivity contribution in [3.63, 3.8) is 0 Å². The molecule has 1 heterocycles. The van der Waals surface area contributed by atoms with Crippen LogP contribution in [0.4, 0.5) is 9.59 Å². The second kappa shape index (κ2) is 18.9. The van der Waals surface area contributed by atoms with Gasteiger partial charge in [-0.25, -0.2) is 14.4 Å². The summed E-state index contributed by atoms with van der Waals surface area (Å²) in [5.74, 6) is -2.60. The molecule has 0 saturated carbocycles. The molecule has 1 fully saturated rings. The van der Waals surface area contributed by atoms with E-state index in [1.165, 1.54) is 0 Å². The second-order valence-corrected chi connectivity index (χ2v) is 11.5. The summed E-state index contributed by atoms with van der Waals surface area (Å²) in [6, 6.07) is 10.2. The molecule has 1 aliphatic heterocycles. The molecule has 3 atom stereocenters. The number of likely N-dealkylation sites (tertiary alicyclic amines) is 1. The molecule has 5 amide bonds. The monoisotopic (exact) mass is 656 g/mol. The number of nitrogens with two attached hydrogens (primary N) is 1. The van der Waals surface area contributed by atoms with Crippen molar-refractivity contribution in [2.24, 2.45) is 11.7 Å². The fourth-order valence-corrected chi connectivity index (χ4v) is 5.32. The van der Waals surface area contributed by atoms with Crippen LogP contribution in [0.5, 0.6) is 0 Å². The van der Waals surface area contributed by atoms with Gasteiger partial charge in [0.2, 0.25) is 5.91 Å². The number of carbonyl (C=O) groups is 6. The predicted molar refractivity (Wildman–Crippen MR) is 171 cm³/mol. The third-order valence-electron chi connectivity index (χ3n) is 8.06. The average Bonchev–Trinajstić information content (AvgIpc) is 3.05. The zero-order valence-electron chi connectivity index (χ0n) is 26.2. The number of aliphatic carboxylic acids is 2. The molecule has 2 aromatic carbocycles.